The fourth-order valence-electron chi connectivity index (χ4n) is 4.67. The number of urea groups is 1. The number of benzene rings is 1. The number of hydrogen-bond donors (Lipinski definition) is 1. The Bertz CT molecular complexity index is 806. The number of likely N-dealkylation sites (N-methyl/N-ethyl adjacent to an activating group) is 1. The van der Waals surface area contributed by atoms with Crippen molar-refractivity contribution >= 4 is 17.9 Å². The van der Waals surface area contributed by atoms with E-state index >= 15 is 0 Å². The van der Waals surface area contributed by atoms with Crippen LogP contribution in [0.1, 0.15) is 38.2 Å². The molecule has 2 unspecified atom stereocenters. The van der Waals surface area contributed by atoms with Gasteiger partial charge >= 0.3 is 6.03 Å². The molecule has 2 atom stereocenters. The molecule has 8 nitrogen and oxygen atoms in total. The molecule has 4 rings (SSSR count). The molecular formula is C23H34N6O2. The SMILES string of the molecule is CCCCCCN1C(N2CCN(Cc3ccccc3)CC2)=NC2C1C(=O)NC(=O)N2C. The lowest BCUT2D eigenvalue weighted by molar-refractivity contribution is -0.127. The Morgan fingerprint density at radius 2 is 1.77 bits per heavy atom. The van der Waals surface area contributed by atoms with Crippen LogP contribution in [0.15, 0.2) is 35.3 Å². The summed E-state index contributed by atoms with van der Waals surface area (Å²) in [6, 6.07) is 9.76. The maximum atomic E-state index is 12.7. The van der Waals surface area contributed by atoms with Crippen LogP contribution in [0.25, 0.3) is 0 Å². The molecule has 0 spiro atoms. The number of piperazine rings is 1. The monoisotopic (exact) mass is 426 g/mol. The van der Waals surface area contributed by atoms with Crippen molar-refractivity contribution in [2.45, 2.75) is 51.4 Å². The molecule has 3 amide bonds. The van der Waals surface area contributed by atoms with E-state index in [1.807, 2.05) is 6.07 Å². The third-order valence-corrected chi connectivity index (χ3v) is 6.50. The zero-order chi connectivity index (χ0) is 21.8. The molecule has 2 saturated heterocycles. The van der Waals surface area contributed by atoms with E-state index in [2.05, 4.69) is 51.2 Å². The van der Waals surface area contributed by atoms with E-state index in [4.69, 9.17) is 4.99 Å². The van der Waals surface area contributed by atoms with Gasteiger partial charge in [0.1, 0.15) is 0 Å². The number of nitrogens with one attached hydrogen (secondary N) is 1. The fraction of sp³-hybridized carbons (Fsp3) is 0.609. The van der Waals surface area contributed by atoms with Gasteiger partial charge < -0.3 is 14.7 Å². The first-order valence-corrected chi connectivity index (χ1v) is 11.5. The van der Waals surface area contributed by atoms with Crippen LogP contribution >= 0.6 is 0 Å². The average molecular weight is 427 g/mol. The number of guanidine groups is 1. The number of hydrogen-bond acceptors (Lipinski definition) is 6. The number of fused-ring (bicyclic) bond motifs is 1. The number of nitrogens with zero attached hydrogens (tertiary/aromatic N) is 5. The lowest BCUT2D eigenvalue weighted by Crippen LogP contribution is -2.64. The van der Waals surface area contributed by atoms with Crippen molar-refractivity contribution in [1.29, 1.82) is 0 Å². The van der Waals surface area contributed by atoms with E-state index in [1.165, 1.54) is 18.4 Å². The molecule has 0 saturated carbocycles. The highest BCUT2D eigenvalue weighted by atomic mass is 16.2. The van der Waals surface area contributed by atoms with Crippen molar-refractivity contribution in [1.82, 2.24) is 24.9 Å². The number of rotatable bonds is 7. The molecule has 0 bridgehead atoms. The van der Waals surface area contributed by atoms with Gasteiger partial charge in [-0.05, 0) is 12.0 Å². The minimum atomic E-state index is -0.440. The van der Waals surface area contributed by atoms with E-state index < -0.39 is 12.2 Å². The summed E-state index contributed by atoms with van der Waals surface area (Å²) in [6.07, 6.45) is 4.09. The summed E-state index contributed by atoms with van der Waals surface area (Å²) in [7, 11) is 1.72. The van der Waals surface area contributed by atoms with Gasteiger partial charge in [0, 0.05) is 46.3 Å². The second-order valence-corrected chi connectivity index (χ2v) is 8.70. The molecule has 31 heavy (non-hydrogen) atoms. The third-order valence-electron chi connectivity index (χ3n) is 6.50. The third kappa shape index (κ3) is 4.69. The lowest BCUT2D eigenvalue weighted by Gasteiger charge is -2.40. The van der Waals surface area contributed by atoms with Crippen LogP contribution in [-0.4, -0.2) is 89.5 Å². The minimum absolute atomic E-state index is 0.231. The molecule has 8 heteroatoms. The van der Waals surface area contributed by atoms with E-state index in [1.54, 1.807) is 11.9 Å². The number of imide groups is 1. The lowest BCUT2D eigenvalue weighted by atomic mass is 10.1. The van der Waals surface area contributed by atoms with Gasteiger partial charge in [-0.15, -0.1) is 0 Å². The molecule has 3 aliphatic heterocycles. The Hall–Kier alpha value is -2.61. The molecule has 2 fully saturated rings. The molecule has 168 valence electrons. The summed E-state index contributed by atoms with van der Waals surface area (Å²) >= 11 is 0. The molecule has 0 aromatic heterocycles. The van der Waals surface area contributed by atoms with E-state index in [0.29, 0.717) is 0 Å². The van der Waals surface area contributed by atoms with Crippen LogP contribution < -0.4 is 5.32 Å². The van der Waals surface area contributed by atoms with E-state index in [9.17, 15) is 9.59 Å². The maximum absolute atomic E-state index is 12.7. The van der Waals surface area contributed by atoms with Gasteiger partial charge in [0.15, 0.2) is 18.2 Å². The Labute approximate surface area is 184 Å². The molecular weight excluding hydrogens is 392 g/mol. The molecule has 0 radical (unpaired) electrons. The first-order valence-electron chi connectivity index (χ1n) is 11.5. The number of amides is 3. The number of unbranched alkanes of at least 4 members (excludes halogenated alkanes) is 3. The Morgan fingerprint density at radius 1 is 1.03 bits per heavy atom. The Balaban J connectivity index is 1.44. The quantitative estimate of drug-likeness (QED) is 0.675. The van der Waals surface area contributed by atoms with Gasteiger partial charge in [0.05, 0.1) is 0 Å². The molecule has 3 aliphatic rings. The predicted octanol–water partition coefficient (Wildman–Crippen LogP) is 1.93. The van der Waals surface area contributed by atoms with Crippen LogP contribution in [0.3, 0.4) is 0 Å². The highest BCUT2D eigenvalue weighted by Crippen LogP contribution is 2.26. The number of aliphatic imine (C=N–C) groups is 1. The second-order valence-electron chi connectivity index (χ2n) is 8.70. The summed E-state index contributed by atoms with van der Waals surface area (Å²) < 4.78 is 0. The van der Waals surface area contributed by atoms with Gasteiger partial charge in [0.25, 0.3) is 5.91 Å². The summed E-state index contributed by atoms with van der Waals surface area (Å²) in [6.45, 7) is 7.59. The summed E-state index contributed by atoms with van der Waals surface area (Å²) in [5, 5.41) is 2.50. The van der Waals surface area contributed by atoms with E-state index in [0.717, 1.165) is 58.1 Å². The van der Waals surface area contributed by atoms with Gasteiger partial charge in [-0.2, -0.15) is 0 Å². The molecule has 0 aliphatic carbocycles. The topological polar surface area (TPSA) is 71.5 Å². The second kappa shape index (κ2) is 9.68. The minimum Gasteiger partial charge on any atom is -0.340 e. The predicted molar refractivity (Wildman–Crippen MR) is 120 cm³/mol. The summed E-state index contributed by atoms with van der Waals surface area (Å²) in [4.78, 5) is 38.2. The smallest absolute Gasteiger partial charge is 0.325 e. The van der Waals surface area contributed by atoms with Crippen LogP contribution in [-0.2, 0) is 11.3 Å². The largest absolute Gasteiger partial charge is 0.340 e. The van der Waals surface area contributed by atoms with Crippen molar-refractivity contribution in [2.75, 3.05) is 39.8 Å². The summed E-state index contributed by atoms with van der Waals surface area (Å²) in [5.74, 6) is 0.646. The van der Waals surface area contributed by atoms with Crippen molar-refractivity contribution in [3.8, 4) is 0 Å². The van der Waals surface area contributed by atoms with Crippen molar-refractivity contribution in [3.05, 3.63) is 35.9 Å². The number of carbonyl (C=O) groups is 2. The standard InChI is InChI=1S/C23H34N6O2/c1-3-4-5-9-12-29-19-20(26(2)23(31)25-21(19)30)24-22(29)28-15-13-27(14-16-28)17-18-10-7-6-8-11-18/h6-8,10-11,19-20H,3-5,9,12-17H2,1-2H3,(H,25,30,31). The van der Waals surface area contributed by atoms with Crippen molar-refractivity contribution in [3.63, 3.8) is 0 Å². The highest BCUT2D eigenvalue weighted by Gasteiger charge is 2.49. The molecule has 1 aromatic carbocycles. The van der Waals surface area contributed by atoms with Crippen LogP contribution in [0.5, 0.6) is 0 Å². The van der Waals surface area contributed by atoms with Gasteiger partial charge in [-0.3, -0.25) is 15.0 Å². The van der Waals surface area contributed by atoms with Crippen molar-refractivity contribution in [2.24, 2.45) is 4.99 Å². The molecule has 3 heterocycles. The number of carbonyl (C=O) groups excluding carboxylic acids is 2. The van der Waals surface area contributed by atoms with Crippen LogP contribution in [0.2, 0.25) is 0 Å². The molecule has 1 aromatic rings. The van der Waals surface area contributed by atoms with Gasteiger partial charge in [0.2, 0.25) is 0 Å². The molecule has 1 N–H and O–H groups in total. The van der Waals surface area contributed by atoms with Crippen LogP contribution in [0, 0.1) is 0 Å². The zero-order valence-electron chi connectivity index (χ0n) is 18.7. The van der Waals surface area contributed by atoms with Gasteiger partial charge in [-0.1, -0.05) is 56.5 Å². The summed E-state index contributed by atoms with van der Waals surface area (Å²) in [5.41, 5.74) is 1.33. The highest BCUT2D eigenvalue weighted by molar-refractivity contribution is 6.03. The van der Waals surface area contributed by atoms with Gasteiger partial charge in [-0.25, -0.2) is 9.79 Å². The average Bonchev–Trinajstić information content (AvgIpc) is 3.16. The van der Waals surface area contributed by atoms with Crippen molar-refractivity contribution < 1.29 is 9.59 Å². The first-order chi connectivity index (χ1) is 15.1. The Morgan fingerprint density at radius 3 is 2.48 bits per heavy atom. The normalized spacial score (nSPS) is 24.3. The fourth-order valence-corrected chi connectivity index (χ4v) is 4.67. The zero-order valence-corrected chi connectivity index (χ0v) is 18.7. The van der Waals surface area contributed by atoms with Crippen LogP contribution in [0.4, 0.5) is 4.79 Å². The maximum Gasteiger partial charge on any atom is 0.325 e. The Kier molecular flexibility index (Phi) is 6.75. The first kappa shape index (κ1) is 21.6. The van der Waals surface area contributed by atoms with E-state index in [-0.39, 0.29) is 11.9 Å².